The number of rotatable bonds is 3. The van der Waals surface area contributed by atoms with Crippen LogP contribution in [-0.4, -0.2) is 22.6 Å². The van der Waals surface area contributed by atoms with Crippen LogP contribution in [0, 0.1) is 10.2 Å². The predicted molar refractivity (Wildman–Crippen MR) is 73.2 cm³/mol. The summed E-state index contributed by atoms with van der Waals surface area (Å²) in [6.07, 6.45) is 1.80. The summed E-state index contributed by atoms with van der Waals surface area (Å²) in [5, 5.41) is 3.41. The molecule has 0 heterocycles. The van der Waals surface area contributed by atoms with Gasteiger partial charge in [-0.1, -0.05) is 36.4 Å². The van der Waals surface area contributed by atoms with E-state index in [4.69, 9.17) is 18.6 Å². The highest BCUT2D eigenvalue weighted by molar-refractivity contribution is 5.99. The maximum atomic E-state index is 8.60. The van der Waals surface area contributed by atoms with Gasteiger partial charge in [-0.3, -0.25) is 4.99 Å². The van der Waals surface area contributed by atoms with Crippen LogP contribution in [0.25, 0.3) is 0 Å². The minimum atomic E-state index is -4.69. The minimum absolute atomic E-state index is 0.00977. The highest BCUT2D eigenvalue weighted by Gasteiger charge is 2.13. The van der Waals surface area contributed by atoms with E-state index >= 15 is 0 Å². The van der Waals surface area contributed by atoms with Crippen LogP contribution in [0.3, 0.4) is 0 Å². The number of amidine groups is 1. The van der Waals surface area contributed by atoms with Gasteiger partial charge in [0.2, 0.25) is 0 Å². The fourth-order valence-corrected chi connectivity index (χ4v) is 1.31. The molecule has 0 bridgehead atoms. The molecule has 1 aromatic rings. The van der Waals surface area contributed by atoms with Gasteiger partial charge in [0, 0.05) is 11.1 Å². The lowest BCUT2D eigenvalue weighted by Crippen LogP contribution is -2.58. The minimum Gasteiger partial charge on any atom is -0.365 e. The zero-order chi connectivity index (χ0) is 16.5. The number of hydrogen-bond acceptors (Lipinski definition) is 5. The molecule has 21 heavy (non-hydrogen) atoms. The van der Waals surface area contributed by atoms with Gasteiger partial charge in [-0.25, -0.2) is 0 Å². The van der Waals surface area contributed by atoms with Crippen molar-refractivity contribution in [3.63, 3.8) is 0 Å². The lowest BCUT2D eigenvalue weighted by atomic mass is 10.1. The predicted octanol–water partition coefficient (Wildman–Crippen LogP) is -1.12. The zero-order valence-electron chi connectivity index (χ0n) is 12.4. The van der Waals surface area contributed by atoms with E-state index in [1.807, 2.05) is 18.2 Å². The van der Waals surface area contributed by atoms with Crippen molar-refractivity contribution in [1.29, 1.82) is 0 Å². The molecule has 1 aromatic carbocycles. The number of hydrogen-bond donors (Lipinski definition) is 2. The van der Waals surface area contributed by atoms with Crippen LogP contribution < -0.4 is 19.3 Å². The maximum absolute atomic E-state index is 8.60. The van der Waals surface area contributed by atoms with Gasteiger partial charge in [0.05, 0.1) is 21.4 Å². The molecule has 7 heteroatoms. The monoisotopic (exact) mass is 316 g/mol. The first-order valence-electron chi connectivity index (χ1n) is 6.15. The summed E-state index contributed by atoms with van der Waals surface area (Å²) in [7, 11) is -4.69. The Morgan fingerprint density at radius 2 is 1.76 bits per heavy atom. The Hall–Kier alpha value is -1.44. The third kappa shape index (κ3) is 13.3. The van der Waals surface area contributed by atoms with Crippen LogP contribution in [0.5, 0.6) is 0 Å². The number of aliphatic imine (C=N–C) groups is 1. The summed E-state index contributed by atoms with van der Waals surface area (Å²) >= 11 is 0. The molecule has 0 saturated heterocycles. The van der Waals surface area contributed by atoms with E-state index in [0.717, 1.165) is 11.4 Å². The molecule has 118 valence electrons. The molecule has 2 N–H and O–H groups in total. The molecule has 0 aromatic heterocycles. The van der Waals surface area contributed by atoms with Crippen molar-refractivity contribution >= 4 is 5.84 Å². The Bertz CT molecular complexity index is 444. The Morgan fingerprint density at radius 1 is 1.29 bits per heavy atom. The molecule has 0 saturated carbocycles. The van der Waals surface area contributed by atoms with E-state index in [9.17, 15) is 0 Å². The van der Waals surface area contributed by atoms with E-state index < -0.39 is 10.2 Å². The first-order chi connectivity index (χ1) is 9.53. The fourth-order valence-electron chi connectivity index (χ4n) is 1.31. The highest BCUT2D eigenvalue weighted by atomic mass is 35.7. The second-order valence-electron chi connectivity index (χ2n) is 5.11. The molecule has 0 spiro atoms. The van der Waals surface area contributed by atoms with Gasteiger partial charge in [-0.2, -0.15) is 14.0 Å². The molecule has 0 amide bonds. The summed E-state index contributed by atoms with van der Waals surface area (Å²) in [4.78, 5) is 4.49. The van der Waals surface area contributed by atoms with Gasteiger partial charge in [-0.05, 0) is 20.8 Å². The molecule has 0 aliphatic carbocycles. The normalized spacial score (nSPS) is 12.2. The van der Waals surface area contributed by atoms with Crippen LogP contribution in [0.2, 0.25) is 0 Å². The Balaban J connectivity index is 0.000000690. The van der Waals surface area contributed by atoms with Crippen LogP contribution in [0.15, 0.2) is 48.0 Å². The Morgan fingerprint density at radius 3 is 2.14 bits per heavy atom. The number of halogens is 1. The van der Waals surface area contributed by atoms with E-state index in [2.05, 4.69) is 49.8 Å². The Kier molecular flexibility index (Phi) is 8.16. The fraction of sp³-hybridized carbons (Fsp3) is 0.357. The standard InChI is InChI=1S/C14H20N2.ClHO4/c1-5-11-15-13(16-14(2,3)4)12-9-7-6-8-10-12;2-1(3,4)5/h5-10H,1,11H2,2-4H3,(H,15,16);(H,2,3,4,5). The molecular weight excluding hydrogens is 296 g/mol. The molecule has 6 nitrogen and oxygen atoms in total. The molecule has 1 rings (SSSR count). The summed E-state index contributed by atoms with van der Waals surface area (Å²) in [6, 6.07) is 10.2. The highest BCUT2D eigenvalue weighted by Crippen LogP contribution is 2.05. The van der Waals surface area contributed by atoms with Crippen LogP contribution >= 0.6 is 0 Å². The molecule has 0 aliphatic heterocycles. The van der Waals surface area contributed by atoms with Crippen molar-refractivity contribution in [3.05, 3.63) is 48.6 Å². The summed E-state index contributed by atoms with van der Waals surface area (Å²) in [5.74, 6) is 0.924. The number of nitrogens with one attached hydrogen (secondary N) is 1. The van der Waals surface area contributed by atoms with E-state index in [-0.39, 0.29) is 5.54 Å². The Labute approximate surface area is 127 Å². The molecule has 0 aliphatic rings. The van der Waals surface area contributed by atoms with Crippen molar-refractivity contribution < 1.29 is 28.9 Å². The SMILES string of the molecule is C=CCN=C(NC(C)(C)C)c1ccccc1.[O-][Cl+3]([O-])([O-])O. The second kappa shape index (κ2) is 8.76. The van der Waals surface area contributed by atoms with Crippen LogP contribution in [-0.2, 0) is 0 Å². The third-order valence-electron chi connectivity index (χ3n) is 1.92. The van der Waals surface area contributed by atoms with Crippen molar-refractivity contribution in [2.45, 2.75) is 26.3 Å². The van der Waals surface area contributed by atoms with Crippen molar-refractivity contribution in [2.24, 2.45) is 4.99 Å². The average molecular weight is 317 g/mol. The second-order valence-corrected chi connectivity index (χ2v) is 5.91. The smallest absolute Gasteiger partial charge is 0.128 e. The molecule has 0 radical (unpaired) electrons. The maximum Gasteiger partial charge on any atom is 0.128 e. The van der Waals surface area contributed by atoms with Crippen LogP contribution in [0.1, 0.15) is 26.3 Å². The quantitative estimate of drug-likeness (QED) is 0.417. The van der Waals surface area contributed by atoms with Crippen molar-refractivity contribution in [1.82, 2.24) is 5.32 Å². The number of benzene rings is 1. The van der Waals surface area contributed by atoms with Gasteiger partial charge in [0.15, 0.2) is 0 Å². The molecule has 0 atom stereocenters. The van der Waals surface area contributed by atoms with Gasteiger partial charge >= 0.3 is 0 Å². The molecule has 0 fully saturated rings. The average Bonchev–Trinajstić information content (AvgIpc) is 2.32. The van der Waals surface area contributed by atoms with Crippen molar-refractivity contribution in [2.75, 3.05) is 6.54 Å². The van der Waals surface area contributed by atoms with E-state index in [0.29, 0.717) is 6.54 Å². The lowest BCUT2D eigenvalue weighted by molar-refractivity contribution is -1.92. The summed E-state index contributed by atoms with van der Waals surface area (Å²) in [5.41, 5.74) is 1.12. The summed E-state index contributed by atoms with van der Waals surface area (Å²) < 4.78 is 32.7. The number of nitrogens with zero attached hydrogens (tertiary/aromatic N) is 1. The summed E-state index contributed by atoms with van der Waals surface area (Å²) in [6.45, 7) is 10.7. The molecule has 0 unspecified atom stereocenters. The zero-order valence-corrected chi connectivity index (χ0v) is 13.1. The largest absolute Gasteiger partial charge is 0.365 e. The van der Waals surface area contributed by atoms with Gasteiger partial charge < -0.3 is 5.32 Å². The van der Waals surface area contributed by atoms with E-state index in [1.54, 1.807) is 6.08 Å². The first-order valence-corrected chi connectivity index (χ1v) is 7.41. The first kappa shape index (κ1) is 19.6. The third-order valence-corrected chi connectivity index (χ3v) is 1.92. The van der Waals surface area contributed by atoms with Gasteiger partial charge in [-0.15, -0.1) is 6.58 Å². The van der Waals surface area contributed by atoms with Gasteiger partial charge in [0.1, 0.15) is 5.84 Å². The van der Waals surface area contributed by atoms with Crippen LogP contribution in [0.4, 0.5) is 0 Å². The topological polar surface area (TPSA) is 114 Å². The lowest BCUT2D eigenvalue weighted by Gasteiger charge is -2.23. The van der Waals surface area contributed by atoms with Crippen molar-refractivity contribution in [3.8, 4) is 0 Å². The molecular formula is C14H21ClN2O4. The van der Waals surface area contributed by atoms with Gasteiger partial charge in [0.25, 0.3) is 0 Å². The van der Waals surface area contributed by atoms with E-state index in [1.165, 1.54) is 0 Å².